The topological polar surface area (TPSA) is 110 Å². The van der Waals surface area contributed by atoms with Crippen LogP contribution in [-0.2, 0) is 4.79 Å². The SMILES string of the molecule is N#Cc1ccc(N2CCC(C(=O)N3C[C@@H](CNC(=O)O)[C@@H](c4ccc(F)cc4)C3)CC2)nc1. The van der Waals surface area contributed by atoms with Crippen molar-refractivity contribution in [3.63, 3.8) is 0 Å². The van der Waals surface area contributed by atoms with Crippen LogP contribution in [-0.4, -0.2) is 59.7 Å². The Morgan fingerprint density at radius 1 is 1.15 bits per heavy atom. The maximum absolute atomic E-state index is 13.4. The third-order valence-electron chi connectivity index (χ3n) is 6.61. The zero-order valence-corrected chi connectivity index (χ0v) is 18.2. The van der Waals surface area contributed by atoms with Crippen molar-refractivity contribution in [1.29, 1.82) is 5.26 Å². The van der Waals surface area contributed by atoms with Crippen LogP contribution < -0.4 is 10.2 Å². The van der Waals surface area contributed by atoms with Crippen LogP contribution in [0.2, 0.25) is 0 Å². The maximum atomic E-state index is 13.4. The molecule has 2 amide bonds. The largest absolute Gasteiger partial charge is 0.465 e. The molecule has 1 aromatic heterocycles. The van der Waals surface area contributed by atoms with Crippen LogP contribution >= 0.6 is 0 Å². The Labute approximate surface area is 191 Å². The first-order valence-corrected chi connectivity index (χ1v) is 11.1. The van der Waals surface area contributed by atoms with Crippen LogP contribution in [0, 0.1) is 29.0 Å². The van der Waals surface area contributed by atoms with Crippen LogP contribution in [0.3, 0.4) is 0 Å². The number of nitriles is 1. The van der Waals surface area contributed by atoms with Crippen molar-refractivity contribution in [3.8, 4) is 6.07 Å². The molecule has 2 aromatic rings. The molecule has 2 N–H and O–H groups in total. The minimum absolute atomic E-state index is 0.0515. The number of piperidine rings is 1. The van der Waals surface area contributed by atoms with Crippen LogP contribution in [0.1, 0.15) is 29.9 Å². The van der Waals surface area contributed by atoms with Gasteiger partial charge in [-0.15, -0.1) is 0 Å². The monoisotopic (exact) mass is 451 g/mol. The normalized spacial score (nSPS) is 21.0. The van der Waals surface area contributed by atoms with E-state index in [1.54, 1.807) is 24.4 Å². The van der Waals surface area contributed by atoms with Gasteiger partial charge in [-0.2, -0.15) is 5.26 Å². The van der Waals surface area contributed by atoms with E-state index in [2.05, 4.69) is 21.3 Å². The second kappa shape index (κ2) is 9.86. The number of hydrogen-bond donors (Lipinski definition) is 2. The number of benzene rings is 1. The molecular formula is C24H26FN5O3. The van der Waals surface area contributed by atoms with Crippen molar-refractivity contribution in [2.75, 3.05) is 37.6 Å². The summed E-state index contributed by atoms with van der Waals surface area (Å²) in [7, 11) is 0. The minimum Gasteiger partial charge on any atom is -0.465 e. The van der Waals surface area contributed by atoms with Crippen molar-refractivity contribution >= 4 is 17.8 Å². The molecule has 2 saturated heterocycles. The van der Waals surface area contributed by atoms with E-state index in [9.17, 15) is 14.0 Å². The second-order valence-electron chi connectivity index (χ2n) is 8.63. The molecule has 0 saturated carbocycles. The lowest BCUT2D eigenvalue weighted by molar-refractivity contribution is -0.135. The molecule has 9 heteroatoms. The van der Waals surface area contributed by atoms with Crippen LogP contribution in [0.25, 0.3) is 0 Å². The highest BCUT2D eigenvalue weighted by Crippen LogP contribution is 2.34. The van der Waals surface area contributed by atoms with Crippen LogP contribution in [0.4, 0.5) is 15.0 Å². The third-order valence-corrected chi connectivity index (χ3v) is 6.61. The zero-order valence-electron chi connectivity index (χ0n) is 18.2. The maximum Gasteiger partial charge on any atom is 0.404 e. The van der Waals surface area contributed by atoms with Crippen molar-refractivity contribution in [3.05, 3.63) is 59.5 Å². The summed E-state index contributed by atoms with van der Waals surface area (Å²) < 4.78 is 13.4. The fourth-order valence-corrected chi connectivity index (χ4v) is 4.82. The number of nitrogens with zero attached hydrogens (tertiary/aromatic N) is 4. The third kappa shape index (κ3) is 5.22. The summed E-state index contributed by atoms with van der Waals surface area (Å²) in [6, 6.07) is 11.8. The minimum atomic E-state index is -1.10. The lowest BCUT2D eigenvalue weighted by atomic mass is 9.89. The Morgan fingerprint density at radius 2 is 1.88 bits per heavy atom. The molecule has 2 fully saturated rings. The number of anilines is 1. The van der Waals surface area contributed by atoms with Crippen molar-refractivity contribution in [2.45, 2.75) is 18.8 Å². The number of carboxylic acid groups (broad SMARTS) is 1. The van der Waals surface area contributed by atoms with Gasteiger partial charge in [-0.05, 0) is 42.7 Å². The molecule has 4 rings (SSSR count). The van der Waals surface area contributed by atoms with Crippen molar-refractivity contribution < 1.29 is 19.1 Å². The van der Waals surface area contributed by atoms with E-state index in [1.165, 1.54) is 12.1 Å². The van der Waals surface area contributed by atoms with Gasteiger partial charge >= 0.3 is 6.09 Å². The Morgan fingerprint density at radius 3 is 2.48 bits per heavy atom. The number of aromatic nitrogens is 1. The van der Waals surface area contributed by atoms with Gasteiger partial charge < -0.3 is 20.2 Å². The van der Waals surface area contributed by atoms with Crippen LogP contribution in [0.5, 0.6) is 0 Å². The Bertz CT molecular complexity index is 1030. The van der Waals surface area contributed by atoms with E-state index >= 15 is 0 Å². The van der Waals surface area contributed by atoms with Gasteiger partial charge in [-0.1, -0.05) is 12.1 Å². The lowest BCUT2D eigenvalue weighted by Crippen LogP contribution is -2.42. The molecule has 1 aromatic carbocycles. The van der Waals surface area contributed by atoms with E-state index in [1.807, 2.05) is 11.0 Å². The Kier molecular flexibility index (Phi) is 6.73. The smallest absolute Gasteiger partial charge is 0.404 e. The molecule has 0 unspecified atom stereocenters. The van der Waals surface area contributed by atoms with E-state index in [4.69, 9.17) is 10.4 Å². The molecule has 2 atom stereocenters. The number of likely N-dealkylation sites (tertiary alicyclic amines) is 1. The Balaban J connectivity index is 1.39. The van der Waals surface area contributed by atoms with Crippen LogP contribution in [0.15, 0.2) is 42.6 Å². The molecule has 8 nitrogen and oxygen atoms in total. The number of carbonyl (C=O) groups is 2. The number of pyridine rings is 1. The fourth-order valence-electron chi connectivity index (χ4n) is 4.82. The first-order valence-electron chi connectivity index (χ1n) is 11.1. The molecule has 172 valence electrons. The quantitative estimate of drug-likeness (QED) is 0.724. The van der Waals surface area contributed by atoms with E-state index in [-0.39, 0.29) is 36.0 Å². The number of nitrogens with one attached hydrogen (secondary N) is 1. The van der Waals surface area contributed by atoms with Gasteiger partial charge in [0.25, 0.3) is 0 Å². The van der Waals surface area contributed by atoms with E-state index in [0.29, 0.717) is 44.6 Å². The van der Waals surface area contributed by atoms with Gasteiger partial charge in [0.1, 0.15) is 17.7 Å². The molecule has 2 aliphatic rings. The average Bonchev–Trinajstić information content (AvgIpc) is 3.27. The summed E-state index contributed by atoms with van der Waals surface area (Å²) in [5.41, 5.74) is 1.42. The van der Waals surface area contributed by atoms with Gasteiger partial charge in [0, 0.05) is 56.7 Å². The summed E-state index contributed by atoms with van der Waals surface area (Å²) in [5, 5.41) is 20.4. The first kappa shape index (κ1) is 22.5. The molecule has 0 aliphatic carbocycles. The fraction of sp³-hybridized carbons (Fsp3) is 0.417. The number of hydrogen-bond acceptors (Lipinski definition) is 5. The molecule has 0 bridgehead atoms. The van der Waals surface area contributed by atoms with Gasteiger partial charge in [0.2, 0.25) is 5.91 Å². The number of halogens is 1. The molecule has 2 aliphatic heterocycles. The van der Waals surface area contributed by atoms with E-state index < -0.39 is 6.09 Å². The summed E-state index contributed by atoms with van der Waals surface area (Å²) in [5.74, 6) is 0.348. The highest BCUT2D eigenvalue weighted by molar-refractivity contribution is 5.79. The molecule has 3 heterocycles. The van der Waals surface area contributed by atoms with Gasteiger partial charge in [0.05, 0.1) is 5.56 Å². The molecule has 0 spiro atoms. The van der Waals surface area contributed by atoms with Gasteiger partial charge in [-0.25, -0.2) is 14.2 Å². The summed E-state index contributed by atoms with van der Waals surface area (Å²) in [6.45, 7) is 2.61. The first-order chi connectivity index (χ1) is 15.9. The second-order valence-corrected chi connectivity index (χ2v) is 8.63. The molecule has 33 heavy (non-hydrogen) atoms. The summed E-state index contributed by atoms with van der Waals surface area (Å²) >= 11 is 0. The standard InChI is InChI=1S/C24H26FN5O3/c25-20-4-2-17(3-5-20)21-15-30(14-19(21)13-28-24(32)33)23(31)18-7-9-29(10-8-18)22-6-1-16(11-26)12-27-22/h1-6,12,18-19,21,28H,7-10,13-15H2,(H,32,33)/t19-,21-/m1/s1. The average molecular weight is 452 g/mol. The highest BCUT2D eigenvalue weighted by Gasteiger charge is 2.39. The zero-order chi connectivity index (χ0) is 23.4. The molecule has 0 radical (unpaired) electrons. The van der Waals surface area contributed by atoms with E-state index in [0.717, 1.165) is 11.4 Å². The predicted molar refractivity (Wildman–Crippen MR) is 119 cm³/mol. The predicted octanol–water partition coefficient (Wildman–Crippen LogP) is 2.82. The number of amides is 2. The summed E-state index contributed by atoms with van der Waals surface area (Å²) in [6.07, 6.45) is 1.87. The van der Waals surface area contributed by atoms with Crippen molar-refractivity contribution in [1.82, 2.24) is 15.2 Å². The Hall–Kier alpha value is -3.67. The number of carbonyl (C=O) groups excluding carboxylic acids is 1. The summed E-state index contributed by atoms with van der Waals surface area (Å²) in [4.78, 5) is 32.6. The highest BCUT2D eigenvalue weighted by atomic mass is 19.1. The van der Waals surface area contributed by atoms with Gasteiger partial charge in [-0.3, -0.25) is 4.79 Å². The molecular weight excluding hydrogens is 425 g/mol. The van der Waals surface area contributed by atoms with Crippen molar-refractivity contribution in [2.24, 2.45) is 11.8 Å². The lowest BCUT2D eigenvalue weighted by Gasteiger charge is -2.34. The number of rotatable bonds is 5. The van der Waals surface area contributed by atoms with Gasteiger partial charge in [0.15, 0.2) is 0 Å².